The van der Waals surface area contributed by atoms with E-state index in [1.807, 2.05) is 21.1 Å². The molecule has 6 heteroatoms. The van der Waals surface area contributed by atoms with E-state index in [9.17, 15) is 19.5 Å². The SMILES string of the molecule is CCC/C=C\CC/C=C\CCCCCCCCCC(O)(C[N+](C)(C)C)P(=O)(O)O. The molecule has 1 atom stereocenters. The molecule has 0 fully saturated rings. The Morgan fingerprint density at radius 2 is 1.21 bits per heavy atom. The maximum Gasteiger partial charge on any atom is 0.362 e. The van der Waals surface area contributed by atoms with Crippen LogP contribution >= 0.6 is 7.60 Å². The normalized spacial score (nSPS) is 15.4. The van der Waals surface area contributed by atoms with E-state index in [0.717, 1.165) is 38.5 Å². The Morgan fingerprint density at radius 3 is 1.69 bits per heavy atom. The molecule has 0 heterocycles. The first kappa shape index (κ1) is 28.5. The number of hydrogen-bond donors (Lipinski definition) is 3. The van der Waals surface area contributed by atoms with Crippen molar-refractivity contribution >= 4 is 7.60 Å². The van der Waals surface area contributed by atoms with Crippen molar-refractivity contribution in [1.82, 2.24) is 0 Å². The first-order chi connectivity index (χ1) is 13.5. The third-order valence-electron chi connectivity index (χ3n) is 5.01. The molecule has 0 saturated heterocycles. The van der Waals surface area contributed by atoms with Gasteiger partial charge in [-0.15, -0.1) is 0 Å². The van der Waals surface area contributed by atoms with Crippen LogP contribution in [-0.4, -0.2) is 52.4 Å². The molecule has 0 aromatic carbocycles. The second-order valence-corrected chi connectivity index (χ2v) is 11.2. The number of rotatable bonds is 18. The topological polar surface area (TPSA) is 77.8 Å². The minimum absolute atomic E-state index is 0.0554. The quantitative estimate of drug-likeness (QED) is 0.111. The molecular weight excluding hydrogens is 385 g/mol. The molecule has 0 aliphatic heterocycles. The van der Waals surface area contributed by atoms with Crippen molar-refractivity contribution in [3.05, 3.63) is 24.3 Å². The van der Waals surface area contributed by atoms with Crippen LogP contribution in [0, 0.1) is 0 Å². The highest BCUT2D eigenvalue weighted by atomic mass is 31.2. The van der Waals surface area contributed by atoms with E-state index in [1.54, 1.807) is 0 Å². The smallest absolute Gasteiger partial charge is 0.362 e. The summed E-state index contributed by atoms with van der Waals surface area (Å²) in [5.74, 6) is 0. The van der Waals surface area contributed by atoms with Crippen LogP contribution in [0.3, 0.4) is 0 Å². The van der Waals surface area contributed by atoms with Gasteiger partial charge in [0.25, 0.3) is 0 Å². The summed E-state index contributed by atoms with van der Waals surface area (Å²) in [6, 6.07) is 0. The van der Waals surface area contributed by atoms with E-state index in [-0.39, 0.29) is 13.0 Å². The number of nitrogens with zero attached hydrogens (tertiary/aromatic N) is 1. The Morgan fingerprint density at radius 1 is 0.759 bits per heavy atom. The van der Waals surface area contributed by atoms with Crippen molar-refractivity contribution in [2.24, 2.45) is 0 Å². The van der Waals surface area contributed by atoms with Crippen LogP contribution in [0.15, 0.2) is 24.3 Å². The molecule has 0 aliphatic carbocycles. The summed E-state index contributed by atoms with van der Waals surface area (Å²) in [7, 11) is 0.957. The van der Waals surface area contributed by atoms with Gasteiger partial charge in [0.05, 0.1) is 21.1 Å². The molecule has 0 bridgehead atoms. The Bertz CT molecular complexity index is 507. The van der Waals surface area contributed by atoms with Crippen LogP contribution < -0.4 is 0 Å². The Hall–Kier alpha value is -0.450. The van der Waals surface area contributed by atoms with Gasteiger partial charge in [0, 0.05) is 0 Å². The third-order valence-corrected chi connectivity index (χ3v) is 6.46. The lowest BCUT2D eigenvalue weighted by Crippen LogP contribution is -2.49. The molecule has 5 nitrogen and oxygen atoms in total. The van der Waals surface area contributed by atoms with E-state index in [4.69, 9.17) is 0 Å². The highest BCUT2D eigenvalue weighted by Crippen LogP contribution is 2.52. The molecule has 172 valence electrons. The Kier molecular flexibility index (Phi) is 15.1. The first-order valence-electron chi connectivity index (χ1n) is 11.4. The average molecular weight is 433 g/mol. The average Bonchev–Trinajstić information content (AvgIpc) is 2.59. The van der Waals surface area contributed by atoms with Gasteiger partial charge >= 0.3 is 7.60 Å². The van der Waals surface area contributed by atoms with Gasteiger partial charge < -0.3 is 19.4 Å². The molecule has 0 aliphatic rings. The first-order valence-corrected chi connectivity index (χ1v) is 13.0. The maximum absolute atomic E-state index is 11.7. The van der Waals surface area contributed by atoms with E-state index >= 15 is 0 Å². The fraction of sp³-hybridized carbons (Fsp3) is 0.826. The summed E-state index contributed by atoms with van der Waals surface area (Å²) in [5.41, 5.74) is 0. The lowest BCUT2D eigenvalue weighted by Gasteiger charge is -2.35. The zero-order valence-electron chi connectivity index (χ0n) is 19.4. The van der Waals surface area contributed by atoms with E-state index < -0.39 is 12.9 Å². The number of likely N-dealkylation sites (N-methyl/N-ethyl adjacent to an activating group) is 1. The highest BCUT2D eigenvalue weighted by molar-refractivity contribution is 7.53. The molecular formula is C23H47NO4P+. The van der Waals surface area contributed by atoms with E-state index in [1.165, 1.54) is 32.1 Å². The monoisotopic (exact) mass is 432 g/mol. The van der Waals surface area contributed by atoms with Crippen molar-refractivity contribution in [2.45, 2.75) is 95.7 Å². The van der Waals surface area contributed by atoms with Gasteiger partial charge in [0.2, 0.25) is 5.34 Å². The lowest BCUT2D eigenvalue weighted by molar-refractivity contribution is -0.875. The molecule has 29 heavy (non-hydrogen) atoms. The zero-order chi connectivity index (χ0) is 22.2. The molecule has 0 aromatic rings. The summed E-state index contributed by atoms with van der Waals surface area (Å²) < 4.78 is 12.1. The highest BCUT2D eigenvalue weighted by Gasteiger charge is 2.48. The van der Waals surface area contributed by atoms with Crippen LogP contribution in [0.2, 0.25) is 0 Å². The second kappa shape index (κ2) is 15.4. The second-order valence-electron chi connectivity index (χ2n) is 9.30. The predicted octanol–water partition coefficient (Wildman–Crippen LogP) is 5.76. The van der Waals surface area contributed by atoms with Crippen molar-refractivity contribution < 1.29 is 23.9 Å². The minimum atomic E-state index is -4.54. The van der Waals surface area contributed by atoms with Gasteiger partial charge in [-0.1, -0.05) is 69.8 Å². The molecule has 0 spiro atoms. The van der Waals surface area contributed by atoms with Crippen molar-refractivity contribution in [1.29, 1.82) is 0 Å². The van der Waals surface area contributed by atoms with E-state index in [2.05, 4.69) is 31.2 Å². The summed E-state index contributed by atoms with van der Waals surface area (Å²) >= 11 is 0. The summed E-state index contributed by atoms with van der Waals surface area (Å²) in [6.45, 7) is 2.25. The molecule has 0 amide bonds. The van der Waals surface area contributed by atoms with Crippen molar-refractivity contribution in [3.63, 3.8) is 0 Å². The molecule has 0 saturated carbocycles. The molecule has 3 N–H and O–H groups in total. The van der Waals surface area contributed by atoms with Crippen LogP contribution in [0.4, 0.5) is 0 Å². The Balaban J connectivity index is 3.75. The number of quaternary nitrogens is 1. The largest absolute Gasteiger partial charge is 0.373 e. The van der Waals surface area contributed by atoms with E-state index in [0.29, 0.717) is 10.9 Å². The van der Waals surface area contributed by atoms with Crippen LogP contribution in [0.1, 0.15) is 90.4 Å². The fourth-order valence-electron chi connectivity index (χ4n) is 3.46. The number of aliphatic hydroxyl groups is 1. The summed E-state index contributed by atoms with van der Waals surface area (Å²) in [6.07, 6.45) is 22.5. The van der Waals surface area contributed by atoms with Gasteiger partial charge in [-0.05, 0) is 44.9 Å². The predicted molar refractivity (Wildman–Crippen MR) is 124 cm³/mol. The minimum Gasteiger partial charge on any atom is -0.373 e. The van der Waals surface area contributed by atoms with Gasteiger partial charge in [-0.2, -0.15) is 0 Å². The maximum atomic E-state index is 11.7. The van der Waals surface area contributed by atoms with Crippen molar-refractivity contribution in [2.75, 3.05) is 27.7 Å². The van der Waals surface area contributed by atoms with Gasteiger partial charge in [-0.3, -0.25) is 4.57 Å². The van der Waals surface area contributed by atoms with Gasteiger partial charge in [0.15, 0.2) is 0 Å². The van der Waals surface area contributed by atoms with Crippen molar-refractivity contribution in [3.8, 4) is 0 Å². The number of hydrogen-bond acceptors (Lipinski definition) is 2. The zero-order valence-corrected chi connectivity index (χ0v) is 20.2. The fourth-order valence-corrected chi connectivity index (χ4v) is 4.52. The molecule has 1 unspecified atom stereocenters. The van der Waals surface area contributed by atoms with Crippen LogP contribution in [-0.2, 0) is 4.57 Å². The van der Waals surface area contributed by atoms with Crippen LogP contribution in [0.5, 0.6) is 0 Å². The molecule has 0 aromatic heterocycles. The lowest BCUT2D eigenvalue weighted by atomic mass is 10.0. The molecule has 0 rings (SSSR count). The summed E-state index contributed by atoms with van der Waals surface area (Å²) in [4.78, 5) is 19.1. The summed E-state index contributed by atoms with van der Waals surface area (Å²) in [5, 5.41) is 8.60. The molecule has 0 radical (unpaired) electrons. The van der Waals surface area contributed by atoms with Gasteiger partial charge in [0.1, 0.15) is 6.54 Å². The number of unbranched alkanes of at least 4 members (excludes halogenated alkanes) is 9. The van der Waals surface area contributed by atoms with Gasteiger partial charge in [-0.25, -0.2) is 0 Å². The number of allylic oxidation sites excluding steroid dienone is 4. The van der Waals surface area contributed by atoms with Crippen LogP contribution in [0.25, 0.3) is 0 Å². The standard InChI is InChI=1S/C23H46NO4P/c1-5-6-7-8-9-10-11-12-13-14-15-16-17-18-19-20-21-23(25,29(26,27)28)22-24(2,3)4/h7-8,11-12,25H,5-6,9-10,13-22H2,1-4H3,(H-,26,27,28)/p+1/b8-7-,12-11-. The third kappa shape index (κ3) is 16.0. The Labute approximate surface area is 179 Å².